The average Bonchev–Trinajstić information content (AvgIpc) is 3.03. The lowest BCUT2D eigenvalue weighted by Gasteiger charge is -2.24. The molecule has 0 aromatic heterocycles. The van der Waals surface area contributed by atoms with Crippen LogP contribution in [0.25, 0.3) is 0 Å². The summed E-state index contributed by atoms with van der Waals surface area (Å²) in [7, 11) is 0. The van der Waals surface area contributed by atoms with Crippen LogP contribution in [0.15, 0.2) is 48.5 Å². The first-order valence-corrected chi connectivity index (χ1v) is 11.0. The molecule has 3 unspecified atom stereocenters. The number of hydrogen-bond donors (Lipinski definition) is 2. The number of hydrogen-bond acceptors (Lipinski definition) is 3. The molecule has 1 heterocycles. The van der Waals surface area contributed by atoms with Gasteiger partial charge in [0.2, 0.25) is 11.3 Å². The summed E-state index contributed by atoms with van der Waals surface area (Å²) in [5, 5.41) is 0.652. The van der Waals surface area contributed by atoms with Crippen molar-refractivity contribution in [2.45, 2.75) is 18.9 Å². The van der Waals surface area contributed by atoms with E-state index in [4.69, 9.17) is 20.9 Å². The normalized spacial score (nSPS) is 27.4. The molecular weight excluding hydrogens is 396 g/mol. The van der Waals surface area contributed by atoms with Gasteiger partial charge in [0, 0.05) is 31.6 Å². The van der Waals surface area contributed by atoms with E-state index < -0.39 is 11.3 Å². The van der Waals surface area contributed by atoms with Crippen LogP contribution >= 0.6 is 11.6 Å². The molecule has 0 bridgehead atoms. The quantitative estimate of drug-likeness (QED) is 0.642. The molecule has 0 radical (unpaired) electrons. The van der Waals surface area contributed by atoms with Gasteiger partial charge in [-0.15, -0.1) is 0 Å². The van der Waals surface area contributed by atoms with Crippen LogP contribution in [0.3, 0.4) is 0 Å². The minimum atomic E-state index is -1.98. The molecule has 7 heteroatoms. The maximum atomic E-state index is 10.8. The number of likely N-dealkylation sites (tertiary alicyclic amines) is 1. The Morgan fingerprint density at radius 1 is 1.25 bits per heavy atom. The molecule has 2 aromatic rings. The average molecular weight is 421 g/mol. The van der Waals surface area contributed by atoms with Gasteiger partial charge in [0.15, 0.2) is 0 Å². The third-order valence-corrected chi connectivity index (χ3v) is 6.98. The van der Waals surface area contributed by atoms with Crippen LogP contribution in [0.5, 0.6) is 5.75 Å². The molecule has 2 aromatic carbocycles. The van der Waals surface area contributed by atoms with Crippen LogP contribution in [-0.4, -0.2) is 39.9 Å². The van der Waals surface area contributed by atoms with Gasteiger partial charge >= 0.3 is 0 Å². The third-order valence-electron chi connectivity index (χ3n) is 6.28. The highest BCUT2D eigenvalue weighted by Crippen LogP contribution is 2.63. The summed E-state index contributed by atoms with van der Waals surface area (Å²) in [5.74, 6) is 2.05. The van der Waals surface area contributed by atoms with Crippen LogP contribution in [0.1, 0.15) is 18.1 Å². The van der Waals surface area contributed by atoms with Gasteiger partial charge in [0.05, 0.1) is 5.02 Å². The summed E-state index contributed by atoms with van der Waals surface area (Å²) in [4.78, 5) is 2.47. The van der Waals surface area contributed by atoms with E-state index in [0.717, 1.165) is 30.9 Å². The zero-order valence-corrected chi connectivity index (χ0v) is 17.4. The molecule has 0 spiro atoms. The highest BCUT2D eigenvalue weighted by atomic mass is 35.5. The second kappa shape index (κ2) is 8.13. The lowest BCUT2D eigenvalue weighted by atomic mass is 9.91. The Kier molecular flexibility index (Phi) is 5.76. The van der Waals surface area contributed by atoms with E-state index in [1.54, 1.807) is 0 Å². The van der Waals surface area contributed by atoms with E-state index in [0.29, 0.717) is 30.0 Å². The van der Waals surface area contributed by atoms with E-state index in [1.807, 2.05) is 36.4 Å². The Hall–Kier alpha value is -1.44. The van der Waals surface area contributed by atoms with Crippen molar-refractivity contribution in [3.63, 3.8) is 0 Å². The fourth-order valence-corrected chi connectivity index (χ4v) is 5.06. The number of piperidine rings is 1. The molecule has 5 nitrogen and oxygen atoms in total. The second-order valence-corrected chi connectivity index (χ2v) is 9.00. The van der Waals surface area contributed by atoms with Crippen molar-refractivity contribution in [2.24, 2.45) is 11.8 Å². The highest BCUT2D eigenvalue weighted by Gasteiger charge is 2.65. The van der Waals surface area contributed by atoms with E-state index >= 15 is 0 Å². The zero-order valence-electron chi connectivity index (χ0n) is 15.8. The van der Waals surface area contributed by atoms with E-state index in [2.05, 4.69) is 28.7 Å². The second-order valence-electron chi connectivity index (χ2n) is 7.80. The van der Waals surface area contributed by atoms with Crippen molar-refractivity contribution in [3.8, 4) is 5.75 Å². The Labute approximate surface area is 173 Å². The number of benzene rings is 2. The molecule has 2 fully saturated rings. The Bertz CT molecular complexity index is 866. The van der Waals surface area contributed by atoms with Gasteiger partial charge in [-0.25, -0.2) is 8.93 Å². The van der Waals surface area contributed by atoms with E-state index in [9.17, 15) is 4.21 Å². The summed E-state index contributed by atoms with van der Waals surface area (Å²) < 4.78 is 28.1. The van der Waals surface area contributed by atoms with Gasteiger partial charge in [0.1, 0.15) is 12.4 Å². The first kappa shape index (κ1) is 19.9. The summed E-state index contributed by atoms with van der Waals surface area (Å²) >= 11 is 4.15. The number of nitrogens with zero attached hydrogens (tertiary/aromatic N) is 1. The predicted octanol–water partition coefficient (Wildman–Crippen LogP) is 3.46. The Morgan fingerprint density at radius 3 is 2.71 bits per heavy atom. The van der Waals surface area contributed by atoms with Crippen LogP contribution in [0, 0.1) is 11.8 Å². The number of fused-ring (bicyclic) bond motifs is 1. The summed E-state index contributed by atoms with van der Waals surface area (Å²) in [6.45, 7) is 6.44. The van der Waals surface area contributed by atoms with Crippen LogP contribution in [-0.2, 0) is 23.2 Å². The van der Waals surface area contributed by atoms with E-state index in [-0.39, 0.29) is 5.41 Å². The Balaban J connectivity index is 1.30. The molecule has 1 saturated carbocycles. The van der Waals surface area contributed by atoms with Gasteiger partial charge in [-0.05, 0) is 35.1 Å². The number of para-hydroxylation sites is 1. The monoisotopic (exact) mass is 420 g/mol. The molecule has 1 aliphatic heterocycles. The SMILES string of the molecule is CC1(c2cccc(CNS(=O)O)c2)C2CN(CCOc3ccccc3Cl)CC21. The van der Waals surface area contributed by atoms with Crippen molar-refractivity contribution >= 4 is 22.9 Å². The van der Waals surface area contributed by atoms with Crippen LogP contribution in [0.4, 0.5) is 0 Å². The van der Waals surface area contributed by atoms with Crippen LogP contribution < -0.4 is 9.46 Å². The minimum absolute atomic E-state index is 0.203. The van der Waals surface area contributed by atoms with Crippen molar-refractivity contribution in [1.82, 2.24) is 9.62 Å². The predicted molar refractivity (Wildman–Crippen MR) is 112 cm³/mol. The summed E-state index contributed by atoms with van der Waals surface area (Å²) in [5.41, 5.74) is 2.57. The largest absolute Gasteiger partial charge is 0.491 e. The lowest BCUT2D eigenvalue weighted by molar-refractivity contribution is 0.213. The molecule has 3 atom stereocenters. The molecule has 2 N–H and O–H groups in total. The van der Waals surface area contributed by atoms with Gasteiger partial charge in [-0.1, -0.05) is 54.9 Å². The zero-order chi connectivity index (χ0) is 19.7. The smallest absolute Gasteiger partial charge is 0.232 e. The molecule has 0 amide bonds. The number of rotatable bonds is 8. The molecule has 1 saturated heterocycles. The van der Waals surface area contributed by atoms with Crippen molar-refractivity contribution in [3.05, 3.63) is 64.7 Å². The first-order valence-electron chi connectivity index (χ1n) is 9.52. The fraction of sp³-hybridized carbons (Fsp3) is 0.429. The van der Waals surface area contributed by atoms with Gasteiger partial charge in [-0.2, -0.15) is 0 Å². The highest BCUT2D eigenvalue weighted by molar-refractivity contribution is 7.77. The summed E-state index contributed by atoms with van der Waals surface area (Å²) in [6.07, 6.45) is 0. The summed E-state index contributed by atoms with van der Waals surface area (Å²) in [6, 6.07) is 16.0. The third kappa shape index (κ3) is 3.98. The van der Waals surface area contributed by atoms with Crippen LogP contribution in [0.2, 0.25) is 5.02 Å². The maximum absolute atomic E-state index is 10.8. The number of halogens is 1. The maximum Gasteiger partial charge on any atom is 0.232 e. The lowest BCUT2D eigenvalue weighted by Crippen LogP contribution is -2.32. The van der Waals surface area contributed by atoms with E-state index in [1.165, 1.54) is 5.56 Å². The molecular formula is C21H25ClN2O3S. The molecule has 2 aliphatic rings. The van der Waals surface area contributed by atoms with Crippen molar-refractivity contribution in [2.75, 3.05) is 26.2 Å². The Morgan fingerprint density at radius 2 is 2.00 bits per heavy atom. The fourth-order valence-electron chi connectivity index (χ4n) is 4.58. The molecule has 1 aliphatic carbocycles. The minimum Gasteiger partial charge on any atom is -0.491 e. The molecule has 150 valence electrons. The number of ether oxygens (including phenoxy) is 1. The van der Waals surface area contributed by atoms with Gasteiger partial charge < -0.3 is 4.74 Å². The first-order chi connectivity index (χ1) is 13.5. The van der Waals surface area contributed by atoms with Gasteiger partial charge in [0.25, 0.3) is 0 Å². The van der Waals surface area contributed by atoms with Crippen molar-refractivity contribution < 1.29 is 13.5 Å². The molecule has 28 heavy (non-hydrogen) atoms. The van der Waals surface area contributed by atoms with Gasteiger partial charge in [-0.3, -0.25) is 9.45 Å². The topological polar surface area (TPSA) is 61.8 Å². The standard InChI is InChI=1S/C21H25ClN2O3S/c1-21(16-6-4-5-15(11-16)12-23-28(25)26)17-13-24(14-18(17)21)9-10-27-20-8-3-2-7-19(20)22/h2-8,11,17-18,23H,9-10,12-14H2,1H3,(H,25,26). The number of nitrogens with one attached hydrogen (secondary N) is 1. The molecule has 4 rings (SSSR count). The van der Waals surface area contributed by atoms with Crippen molar-refractivity contribution in [1.29, 1.82) is 0 Å².